The highest BCUT2D eigenvalue weighted by Gasteiger charge is 2.34. The number of hydrogen-bond donors (Lipinski definition) is 3. The molecule has 1 aliphatic heterocycles. The summed E-state index contributed by atoms with van der Waals surface area (Å²) >= 11 is 0. The number of carbonyl (C=O) groups excluding carboxylic acids is 3. The molecule has 0 radical (unpaired) electrons. The van der Waals surface area contributed by atoms with Gasteiger partial charge in [0.15, 0.2) is 5.78 Å². The van der Waals surface area contributed by atoms with Gasteiger partial charge in [-0.3, -0.25) is 14.5 Å². The number of rotatable bonds is 4. The zero-order valence-corrected chi connectivity index (χ0v) is 21.0. The summed E-state index contributed by atoms with van der Waals surface area (Å²) in [5, 5.41) is 11.6. The number of hydrogen-bond acceptors (Lipinski definition) is 8. The molecule has 0 bridgehead atoms. The fourth-order valence-electron chi connectivity index (χ4n) is 4.29. The van der Waals surface area contributed by atoms with Gasteiger partial charge in [-0.05, 0) is 38.5 Å². The maximum atomic E-state index is 13.2. The Bertz CT molecular complexity index is 1380. The molecule has 4 N–H and O–H groups in total. The van der Waals surface area contributed by atoms with Crippen molar-refractivity contribution in [1.29, 1.82) is 0 Å². The number of nitrogens with one attached hydrogen (secondary N) is 2. The van der Waals surface area contributed by atoms with Gasteiger partial charge in [-0.15, -0.1) is 0 Å². The average molecular weight is 513 g/mol. The summed E-state index contributed by atoms with van der Waals surface area (Å²) in [5.41, 5.74) is 0.283. The second kappa shape index (κ2) is 9.49. The van der Waals surface area contributed by atoms with Crippen LogP contribution in [-0.2, 0) is 14.8 Å². The van der Waals surface area contributed by atoms with E-state index < -0.39 is 44.2 Å². The van der Waals surface area contributed by atoms with E-state index in [1.807, 2.05) is 12.1 Å². The first-order chi connectivity index (χ1) is 16.9. The second-order valence-electron chi connectivity index (χ2n) is 9.58. The number of Topliss-reactive ketones (excluding diaryl/α,β-unsaturated/α-hetero) is 1. The summed E-state index contributed by atoms with van der Waals surface area (Å²) in [5.74, 6) is -1.19. The van der Waals surface area contributed by atoms with Gasteiger partial charge >= 0.3 is 6.09 Å². The molecule has 1 aliphatic carbocycles. The number of allylic oxidation sites excluding steroid dienone is 2. The van der Waals surface area contributed by atoms with Gasteiger partial charge in [0.05, 0.1) is 22.2 Å². The molecule has 4 rings (SSSR count). The maximum absolute atomic E-state index is 13.2. The Labute approximate surface area is 209 Å². The van der Waals surface area contributed by atoms with Gasteiger partial charge in [-0.2, -0.15) is 0 Å². The fraction of sp³-hybridized carbons (Fsp3) is 0.320. The Kier molecular flexibility index (Phi) is 6.74. The standard InChI is InChI=1S/C25H28N4O6S/c1-25(2,3)35-24(32)29-12-11-27-14-19(29)15-7-4-5-9-17(15)28-18-13-20(30)22-16(23(18)31)8-6-10-21(22)36(26,33)34/h4-10,13,19,27-28H,11-12,14H2,1-3H3,(H2,26,33,34). The molecule has 2 aromatic rings. The lowest BCUT2D eigenvalue weighted by Crippen LogP contribution is -2.50. The zero-order valence-electron chi connectivity index (χ0n) is 20.2. The predicted octanol–water partition coefficient (Wildman–Crippen LogP) is 2.59. The molecule has 0 saturated carbocycles. The lowest BCUT2D eigenvalue weighted by molar-refractivity contribution is 0.0118. The third-order valence-corrected chi connectivity index (χ3v) is 6.76. The van der Waals surface area contributed by atoms with Crippen LogP contribution in [0.4, 0.5) is 10.5 Å². The SMILES string of the molecule is CC(C)(C)OC(=O)N1CCNCC1c1ccccc1NC1=CC(=O)c2c(cccc2S(N)(=O)=O)C1=O. The van der Waals surface area contributed by atoms with Crippen molar-refractivity contribution < 1.29 is 27.5 Å². The van der Waals surface area contributed by atoms with Crippen LogP contribution in [0.15, 0.2) is 59.1 Å². The fourth-order valence-corrected chi connectivity index (χ4v) is 5.05. The number of ether oxygens (including phenoxy) is 1. The topological polar surface area (TPSA) is 148 Å². The van der Waals surface area contributed by atoms with Gasteiger partial charge < -0.3 is 15.4 Å². The lowest BCUT2D eigenvalue weighted by atomic mass is 9.92. The van der Waals surface area contributed by atoms with Crippen LogP contribution in [0, 0.1) is 0 Å². The zero-order chi connectivity index (χ0) is 26.3. The van der Waals surface area contributed by atoms with Crippen molar-refractivity contribution in [2.24, 2.45) is 5.14 Å². The number of fused-ring (bicyclic) bond motifs is 1. The Morgan fingerprint density at radius 1 is 1.14 bits per heavy atom. The molecule has 0 aromatic heterocycles. The first kappa shape index (κ1) is 25.5. The summed E-state index contributed by atoms with van der Waals surface area (Å²) in [4.78, 5) is 40.3. The molecule has 2 aliphatic rings. The number of sulfonamides is 1. The Balaban J connectivity index is 1.68. The van der Waals surface area contributed by atoms with Crippen molar-refractivity contribution in [3.05, 3.63) is 70.9 Å². The molecule has 11 heteroatoms. The summed E-state index contributed by atoms with van der Waals surface area (Å²) in [6.07, 6.45) is 0.623. The smallest absolute Gasteiger partial charge is 0.410 e. The molecule has 1 atom stereocenters. The Morgan fingerprint density at radius 3 is 2.56 bits per heavy atom. The minimum absolute atomic E-state index is 0.0147. The second-order valence-corrected chi connectivity index (χ2v) is 11.1. The van der Waals surface area contributed by atoms with E-state index in [0.717, 1.165) is 11.6 Å². The number of anilines is 1. The maximum Gasteiger partial charge on any atom is 0.410 e. The van der Waals surface area contributed by atoms with Gasteiger partial charge in [0, 0.05) is 37.0 Å². The quantitative estimate of drug-likeness (QED) is 0.566. The van der Waals surface area contributed by atoms with Gasteiger partial charge in [0.1, 0.15) is 5.60 Å². The summed E-state index contributed by atoms with van der Waals surface area (Å²) in [6, 6.07) is 10.7. The summed E-state index contributed by atoms with van der Waals surface area (Å²) in [6.45, 7) is 6.90. The average Bonchev–Trinajstić information content (AvgIpc) is 2.80. The molecule has 10 nitrogen and oxygen atoms in total. The first-order valence-corrected chi connectivity index (χ1v) is 12.9. The molecule has 0 spiro atoms. The van der Waals surface area contributed by atoms with E-state index >= 15 is 0 Å². The van der Waals surface area contributed by atoms with Gasteiger partial charge in [-0.1, -0.05) is 30.3 Å². The Hall–Kier alpha value is -3.54. The van der Waals surface area contributed by atoms with Crippen LogP contribution in [0.1, 0.15) is 53.1 Å². The molecule has 1 heterocycles. The van der Waals surface area contributed by atoms with Crippen molar-refractivity contribution in [3.8, 4) is 0 Å². The van der Waals surface area contributed by atoms with Crippen molar-refractivity contribution in [2.45, 2.75) is 37.3 Å². The lowest BCUT2D eigenvalue weighted by Gasteiger charge is -2.38. The number of primary sulfonamides is 1. The van der Waals surface area contributed by atoms with Crippen molar-refractivity contribution in [2.75, 3.05) is 25.0 Å². The van der Waals surface area contributed by atoms with E-state index in [1.165, 1.54) is 18.2 Å². The van der Waals surface area contributed by atoms with Gasteiger partial charge in [0.2, 0.25) is 15.8 Å². The number of amides is 1. The molecule has 1 saturated heterocycles. The van der Waals surface area contributed by atoms with E-state index in [0.29, 0.717) is 25.3 Å². The number of carbonyl (C=O) groups is 3. The van der Waals surface area contributed by atoms with E-state index in [2.05, 4.69) is 10.6 Å². The van der Waals surface area contributed by atoms with Crippen molar-refractivity contribution >= 4 is 33.4 Å². The van der Waals surface area contributed by atoms with Crippen LogP contribution in [0.5, 0.6) is 0 Å². The van der Waals surface area contributed by atoms with Crippen LogP contribution in [0.25, 0.3) is 0 Å². The third kappa shape index (κ3) is 5.18. The van der Waals surface area contributed by atoms with Crippen LogP contribution in [0.2, 0.25) is 0 Å². The van der Waals surface area contributed by atoms with E-state index in [-0.39, 0.29) is 16.8 Å². The number of para-hydroxylation sites is 1. The largest absolute Gasteiger partial charge is 0.444 e. The van der Waals surface area contributed by atoms with Crippen LogP contribution in [0.3, 0.4) is 0 Å². The summed E-state index contributed by atoms with van der Waals surface area (Å²) < 4.78 is 29.5. The molecular weight excluding hydrogens is 484 g/mol. The van der Waals surface area contributed by atoms with E-state index in [9.17, 15) is 22.8 Å². The highest BCUT2D eigenvalue weighted by atomic mass is 32.2. The highest BCUT2D eigenvalue weighted by molar-refractivity contribution is 7.89. The van der Waals surface area contributed by atoms with Crippen LogP contribution in [-0.4, -0.2) is 56.2 Å². The first-order valence-electron chi connectivity index (χ1n) is 11.4. The van der Waals surface area contributed by atoms with Crippen molar-refractivity contribution in [3.63, 3.8) is 0 Å². The molecular formula is C25H28N4O6S. The van der Waals surface area contributed by atoms with Crippen LogP contribution < -0.4 is 15.8 Å². The van der Waals surface area contributed by atoms with Gasteiger partial charge in [-0.25, -0.2) is 18.4 Å². The number of ketones is 2. The molecule has 2 aromatic carbocycles. The number of piperazine rings is 1. The normalized spacial score (nSPS) is 18.4. The van der Waals surface area contributed by atoms with Gasteiger partial charge in [0.25, 0.3) is 0 Å². The van der Waals surface area contributed by atoms with Crippen molar-refractivity contribution in [1.82, 2.24) is 10.2 Å². The molecule has 190 valence electrons. The van der Waals surface area contributed by atoms with E-state index in [4.69, 9.17) is 9.88 Å². The molecule has 1 fully saturated rings. The number of nitrogens with two attached hydrogens (primary N) is 1. The molecule has 1 unspecified atom stereocenters. The highest BCUT2D eigenvalue weighted by Crippen LogP contribution is 2.33. The minimum atomic E-state index is -4.20. The van der Waals surface area contributed by atoms with Crippen LogP contribution >= 0.6 is 0 Å². The minimum Gasteiger partial charge on any atom is -0.444 e. The Morgan fingerprint density at radius 2 is 1.86 bits per heavy atom. The summed E-state index contributed by atoms with van der Waals surface area (Å²) in [7, 11) is -4.20. The number of nitrogens with zero attached hydrogens (tertiary/aromatic N) is 1. The third-order valence-electron chi connectivity index (χ3n) is 5.80. The molecule has 36 heavy (non-hydrogen) atoms. The molecule has 1 amide bonds. The monoisotopic (exact) mass is 512 g/mol. The van der Waals surface area contributed by atoms with E-state index in [1.54, 1.807) is 37.8 Å². The predicted molar refractivity (Wildman–Crippen MR) is 133 cm³/mol. The number of benzene rings is 2.